The van der Waals surface area contributed by atoms with Crippen LogP contribution in [0.4, 0.5) is 17.2 Å². The van der Waals surface area contributed by atoms with Gasteiger partial charge in [-0.25, -0.2) is 4.98 Å². The molecule has 174 valence electrons. The third-order valence-corrected chi connectivity index (χ3v) is 5.71. The maximum absolute atomic E-state index is 12.8. The van der Waals surface area contributed by atoms with Gasteiger partial charge in [-0.2, -0.15) is 0 Å². The van der Waals surface area contributed by atoms with Crippen LogP contribution in [0.5, 0.6) is 11.5 Å². The maximum atomic E-state index is 12.8. The normalized spacial score (nSPS) is 12.0. The van der Waals surface area contributed by atoms with E-state index in [2.05, 4.69) is 45.9 Å². The molecule has 0 bridgehead atoms. The quantitative estimate of drug-likeness (QED) is 0.473. The highest BCUT2D eigenvalue weighted by Gasteiger charge is 2.17. The van der Waals surface area contributed by atoms with Gasteiger partial charge in [0.05, 0.1) is 0 Å². The van der Waals surface area contributed by atoms with Crippen LogP contribution in [-0.4, -0.2) is 48.8 Å². The van der Waals surface area contributed by atoms with E-state index in [1.54, 1.807) is 0 Å². The summed E-state index contributed by atoms with van der Waals surface area (Å²) in [6.07, 6.45) is 2.12. The van der Waals surface area contributed by atoms with Gasteiger partial charge < -0.3 is 29.6 Å². The Morgan fingerprint density at radius 3 is 2.62 bits per heavy atom. The van der Waals surface area contributed by atoms with E-state index in [0.29, 0.717) is 16.7 Å². The van der Waals surface area contributed by atoms with Crippen molar-refractivity contribution in [2.75, 3.05) is 48.1 Å². The second-order valence-corrected chi connectivity index (χ2v) is 8.09. The van der Waals surface area contributed by atoms with Crippen molar-refractivity contribution in [3.8, 4) is 11.5 Å². The molecule has 0 spiro atoms. The van der Waals surface area contributed by atoms with Gasteiger partial charge in [-0.1, -0.05) is 19.1 Å². The molecule has 9 heteroatoms. The maximum Gasteiger partial charge on any atom is 0.231 e. The zero-order valence-electron chi connectivity index (χ0n) is 19.4. The van der Waals surface area contributed by atoms with Gasteiger partial charge in [0.15, 0.2) is 16.1 Å². The van der Waals surface area contributed by atoms with Gasteiger partial charge >= 0.3 is 0 Å². The zero-order chi connectivity index (χ0) is 23.1. The molecular weight excluding hydrogens is 426 g/mol. The first kappa shape index (κ1) is 23.8. The van der Waals surface area contributed by atoms with Crippen LogP contribution in [0.1, 0.15) is 45.9 Å². The Labute approximate surface area is 194 Å². The van der Waals surface area contributed by atoms with Crippen molar-refractivity contribution in [2.24, 2.45) is 0 Å². The summed E-state index contributed by atoms with van der Waals surface area (Å²) in [6, 6.07) is 5.98. The molecule has 0 saturated carbocycles. The summed E-state index contributed by atoms with van der Waals surface area (Å²) in [5, 5.41) is 3.00. The van der Waals surface area contributed by atoms with Crippen LogP contribution >= 0.6 is 12.2 Å². The van der Waals surface area contributed by atoms with Crippen molar-refractivity contribution in [3.63, 3.8) is 0 Å². The van der Waals surface area contributed by atoms with Crippen molar-refractivity contribution in [1.29, 1.82) is 0 Å². The highest BCUT2D eigenvalue weighted by atomic mass is 32.1. The predicted molar refractivity (Wildman–Crippen MR) is 131 cm³/mol. The van der Waals surface area contributed by atoms with E-state index in [-0.39, 0.29) is 12.7 Å². The number of carbonyl (C=O) groups excluding carboxylic acids is 1. The van der Waals surface area contributed by atoms with Gasteiger partial charge in [0, 0.05) is 44.4 Å². The fourth-order valence-corrected chi connectivity index (χ4v) is 4.10. The van der Waals surface area contributed by atoms with Crippen molar-refractivity contribution in [1.82, 2.24) is 9.97 Å². The molecule has 2 heterocycles. The molecule has 0 saturated heterocycles. The second kappa shape index (κ2) is 11.2. The number of hydrogen-bond acceptors (Lipinski definition) is 7. The molecule has 2 aromatic rings. The predicted octanol–water partition coefficient (Wildman–Crippen LogP) is 4.66. The molecule has 32 heavy (non-hydrogen) atoms. The Hall–Kier alpha value is -2.81. The standard InChI is InChI=1S/C23H33N5O3S/c1-5-12-28(17-10-11-18-19(14-17)31-15-30-18)13-8-9-20(29)26-21-22(27(6-2)7-3)24-16(4)25-23(21)32/h10-11,14H,5-9,12-13,15H2,1-4H3,(H,26,29)(H,24,25,32). The third kappa shape index (κ3) is 5.70. The summed E-state index contributed by atoms with van der Waals surface area (Å²) in [5.74, 6) is 3.02. The van der Waals surface area contributed by atoms with E-state index >= 15 is 0 Å². The molecule has 1 aliphatic rings. The van der Waals surface area contributed by atoms with Gasteiger partial charge in [0.2, 0.25) is 12.7 Å². The van der Waals surface area contributed by atoms with Gasteiger partial charge in [-0.05, 0) is 45.7 Å². The molecular formula is C23H33N5O3S. The fourth-order valence-electron chi connectivity index (χ4n) is 3.82. The molecule has 1 aromatic heterocycles. The number of nitrogens with zero attached hydrogens (tertiary/aromatic N) is 3. The molecule has 2 N–H and O–H groups in total. The lowest BCUT2D eigenvalue weighted by atomic mass is 10.2. The van der Waals surface area contributed by atoms with Crippen molar-refractivity contribution in [2.45, 2.75) is 47.0 Å². The minimum Gasteiger partial charge on any atom is -0.454 e. The van der Waals surface area contributed by atoms with Gasteiger partial charge in [-0.15, -0.1) is 0 Å². The van der Waals surface area contributed by atoms with Crippen LogP contribution in [0.15, 0.2) is 18.2 Å². The first-order chi connectivity index (χ1) is 15.5. The Kier molecular flexibility index (Phi) is 8.33. The van der Waals surface area contributed by atoms with Crippen LogP contribution in [0.25, 0.3) is 0 Å². The number of carbonyl (C=O) groups is 1. The first-order valence-corrected chi connectivity index (χ1v) is 11.7. The summed E-state index contributed by atoms with van der Waals surface area (Å²) in [5.41, 5.74) is 1.66. The minimum atomic E-state index is -0.0642. The van der Waals surface area contributed by atoms with Crippen molar-refractivity contribution < 1.29 is 14.3 Å². The average molecular weight is 460 g/mol. The molecule has 0 radical (unpaired) electrons. The fraction of sp³-hybridized carbons (Fsp3) is 0.522. The van der Waals surface area contributed by atoms with Crippen LogP contribution in [-0.2, 0) is 4.79 Å². The lowest BCUT2D eigenvalue weighted by Crippen LogP contribution is -2.27. The number of hydrogen-bond donors (Lipinski definition) is 2. The zero-order valence-corrected chi connectivity index (χ0v) is 20.2. The van der Waals surface area contributed by atoms with Crippen LogP contribution in [0.3, 0.4) is 0 Å². The Bertz CT molecular complexity index is 990. The van der Waals surface area contributed by atoms with E-state index < -0.39 is 0 Å². The molecule has 0 fully saturated rings. The third-order valence-electron chi connectivity index (χ3n) is 5.41. The molecule has 1 aromatic carbocycles. The van der Waals surface area contributed by atoms with Crippen LogP contribution in [0.2, 0.25) is 0 Å². The van der Waals surface area contributed by atoms with Gasteiger partial charge in [0.1, 0.15) is 17.3 Å². The lowest BCUT2D eigenvalue weighted by molar-refractivity contribution is -0.116. The van der Waals surface area contributed by atoms with E-state index in [0.717, 1.165) is 67.8 Å². The first-order valence-electron chi connectivity index (χ1n) is 11.3. The number of anilines is 3. The van der Waals surface area contributed by atoms with E-state index in [4.69, 9.17) is 21.7 Å². The number of aromatic amines is 1. The lowest BCUT2D eigenvalue weighted by Gasteiger charge is -2.25. The monoisotopic (exact) mass is 459 g/mol. The Balaban J connectivity index is 1.64. The average Bonchev–Trinajstić information content (AvgIpc) is 3.24. The summed E-state index contributed by atoms with van der Waals surface area (Å²) in [4.78, 5) is 24.7. The van der Waals surface area contributed by atoms with Crippen LogP contribution in [0, 0.1) is 11.6 Å². The van der Waals surface area contributed by atoms with Gasteiger partial charge in [0.25, 0.3) is 0 Å². The summed E-state index contributed by atoms with van der Waals surface area (Å²) in [7, 11) is 0. The number of aryl methyl sites for hydroxylation is 1. The highest BCUT2D eigenvalue weighted by molar-refractivity contribution is 7.71. The topological polar surface area (TPSA) is 82.7 Å². The SMILES string of the molecule is CCCN(CCCC(=O)Nc1c(N(CC)CC)[nH]c(C)nc1=S)c1ccc2c(c1)OCO2. The van der Waals surface area contributed by atoms with E-state index in [9.17, 15) is 4.79 Å². The molecule has 3 rings (SSSR count). The highest BCUT2D eigenvalue weighted by Crippen LogP contribution is 2.35. The Morgan fingerprint density at radius 1 is 1.16 bits per heavy atom. The Morgan fingerprint density at radius 2 is 1.91 bits per heavy atom. The molecule has 0 atom stereocenters. The number of fused-ring (bicyclic) bond motifs is 1. The molecule has 1 aliphatic heterocycles. The summed E-state index contributed by atoms with van der Waals surface area (Å²) >= 11 is 5.45. The number of ether oxygens (including phenoxy) is 2. The molecule has 0 aliphatic carbocycles. The largest absolute Gasteiger partial charge is 0.454 e. The van der Waals surface area contributed by atoms with Crippen LogP contribution < -0.4 is 24.6 Å². The minimum absolute atomic E-state index is 0.0642. The van der Waals surface area contributed by atoms with Crippen molar-refractivity contribution >= 4 is 35.3 Å². The number of benzene rings is 1. The molecule has 8 nitrogen and oxygen atoms in total. The van der Waals surface area contributed by atoms with E-state index in [1.807, 2.05) is 25.1 Å². The summed E-state index contributed by atoms with van der Waals surface area (Å²) < 4.78 is 11.3. The number of rotatable bonds is 11. The molecule has 0 unspecified atom stereocenters. The van der Waals surface area contributed by atoms with Gasteiger partial charge in [-0.3, -0.25) is 4.79 Å². The molecule has 1 amide bonds. The van der Waals surface area contributed by atoms with E-state index in [1.165, 1.54) is 0 Å². The van der Waals surface area contributed by atoms with Crippen molar-refractivity contribution in [3.05, 3.63) is 28.7 Å². The summed E-state index contributed by atoms with van der Waals surface area (Å²) in [6.45, 7) is 11.7. The number of amides is 1. The second-order valence-electron chi connectivity index (χ2n) is 7.70. The number of H-pyrrole nitrogens is 1. The smallest absolute Gasteiger partial charge is 0.231 e. The number of aromatic nitrogens is 2. The number of nitrogens with one attached hydrogen (secondary N) is 2.